The van der Waals surface area contributed by atoms with Crippen LogP contribution in [0.25, 0.3) is 11.4 Å². The number of aromatic nitrogens is 2. The largest absolute Gasteiger partial charge is 0.494 e. The lowest BCUT2D eigenvalue weighted by Gasteiger charge is -2.25. The van der Waals surface area contributed by atoms with Gasteiger partial charge in [0.2, 0.25) is 17.6 Å². The molecule has 0 radical (unpaired) electrons. The van der Waals surface area contributed by atoms with Crippen LogP contribution in [0.2, 0.25) is 0 Å². The molecule has 1 atom stereocenters. The molecule has 2 aromatic carbocycles. The van der Waals surface area contributed by atoms with Crippen LogP contribution in [-0.4, -0.2) is 34.1 Å². The Kier molecular flexibility index (Phi) is 6.07. The Morgan fingerprint density at radius 1 is 1.20 bits per heavy atom. The van der Waals surface area contributed by atoms with E-state index >= 15 is 0 Å². The second kappa shape index (κ2) is 9.07. The molecule has 0 N–H and O–H groups in total. The number of rotatable bonds is 7. The van der Waals surface area contributed by atoms with Crippen molar-refractivity contribution in [1.82, 2.24) is 15.0 Å². The Bertz CT molecular complexity index is 986. The van der Waals surface area contributed by atoms with Crippen LogP contribution in [-0.2, 0) is 11.2 Å². The van der Waals surface area contributed by atoms with E-state index in [4.69, 9.17) is 9.26 Å². The van der Waals surface area contributed by atoms with E-state index in [0.717, 1.165) is 29.7 Å². The van der Waals surface area contributed by atoms with Crippen LogP contribution in [0.3, 0.4) is 0 Å². The zero-order valence-electron chi connectivity index (χ0n) is 16.9. The van der Waals surface area contributed by atoms with Gasteiger partial charge in [0.15, 0.2) is 0 Å². The average molecular weight is 409 g/mol. The number of hydrogen-bond acceptors (Lipinski definition) is 5. The smallest absolute Gasteiger partial charge is 0.227 e. The summed E-state index contributed by atoms with van der Waals surface area (Å²) in [5, 5.41) is 4.02. The molecule has 1 unspecified atom stereocenters. The third-order valence-electron chi connectivity index (χ3n) is 5.27. The van der Waals surface area contributed by atoms with Gasteiger partial charge in [0, 0.05) is 24.9 Å². The molecule has 0 aliphatic carbocycles. The van der Waals surface area contributed by atoms with Crippen LogP contribution in [0.1, 0.15) is 43.7 Å². The molecule has 2 heterocycles. The fourth-order valence-electron chi connectivity index (χ4n) is 3.79. The monoisotopic (exact) mass is 409 g/mol. The van der Waals surface area contributed by atoms with E-state index in [1.54, 1.807) is 12.1 Å². The third kappa shape index (κ3) is 4.50. The summed E-state index contributed by atoms with van der Waals surface area (Å²) < 4.78 is 24.0. The van der Waals surface area contributed by atoms with Crippen molar-refractivity contribution < 1.29 is 18.4 Å². The number of nitrogens with zero attached hydrogens (tertiary/aromatic N) is 3. The highest BCUT2D eigenvalue weighted by Crippen LogP contribution is 2.32. The number of halogens is 1. The Balaban J connectivity index is 1.36. The molecule has 30 heavy (non-hydrogen) atoms. The van der Waals surface area contributed by atoms with Crippen molar-refractivity contribution in [2.75, 3.05) is 13.2 Å². The average Bonchev–Trinajstić information content (AvgIpc) is 3.43. The SMILES string of the molecule is CCOc1ccc(-c2noc(CCC(=O)N3CCCC3c3ccc(F)cc3)n2)cc1. The summed E-state index contributed by atoms with van der Waals surface area (Å²) in [7, 11) is 0. The highest BCUT2D eigenvalue weighted by Gasteiger charge is 2.29. The van der Waals surface area contributed by atoms with E-state index in [2.05, 4.69) is 10.1 Å². The van der Waals surface area contributed by atoms with E-state index in [1.807, 2.05) is 36.1 Å². The van der Waals surface area contributed by atoms with Crippen molar-refractivity contribution in [2.45, 2.75) is 38.6 Å². The third-order valence-corrected chi connectivity index (χ3v) is 5.27. The van der Waals surface area contributed by atoms with E-state index in [9.17, 15) is 9.18 Å². The molecule has 1 aromatic heterocycles. The molecule has 1 fully saturated rings. The first-order valence-electron chi connectivity index (χ1n) is 10.2. The van der Waals surface area contributed by atoms with Crippen molar-refractivity contribution in [3.05, 3.63) is 65.8 Å². The van der Waals surface area contributed by atoms with Gasteiger partial charge in [-0.25, -0.2) is 4.39 Å². The predicted octanol–water partition coefficient (Wildman–Crippen LogP) is 4.57. The second-order valence-corrected chi connectivity index (χ2v) is 7.27. The summed E-state index contributed by atoms with van der Waals surface area (Å²) in [5.74, 6) is 1.49. The number of benzene rings is 2. The first-order chi connectivity index (χ1) is 14.6. The fourth-order valence-corrected chi connectivity index (χ4v) is 3.79. The van der Waals surface area contributed by atoms with E-state index in [1.165, 1.54) is 12.1 Å². The maximum Gasteiger partial charge on any atom is 0.227 e. The number of carbonyl (C=O) groups is 1. The first-order valence-corrected chi connectivity index (χ1v) is 10.2. The highest BCUT2D eigenvalue weighted by atomic mass is 19.1. The van der Waals surface area contributed by atoms with Gasteiger partial charge < -0.3 is 14.2 Å². The number of likely N-dealkylation sites (tertiary alicyclic amines) is 1. The van der Waals surface area contributed by atoms with Gasteiger partial charge in [-0.15, -0.1) is 0 Å². The minimum atomic E-state index is -0.269. The first kappa shape index (κ1) is 20.1. The second-order valence-electron chi connectivity index (χ2n) is 7.27. The molecule has 3 aromatic rings. The van der Waals surface area contributed by atoms with Gasteiger partial charge in [-0.3, -0.25) is 4.79 Å². The Morgan fingerprint density at radius 2 is 1.97 bits per heavy atom. The Labute approximate surface area is 174 Å². The molecule has 0 bridgehead atoms. The molecular formula is C23H24FN3O3. The zero-order chi connectivity index (χ0) is 20.9. The molecule has 7 heteroatoms. The van der Waals surface area contributed by atoms with Crippen molar-refractivity contribution in [3.8, 4) is 17.1 Å². The van der Waals surface area contributed by atoms with Crippen LogP contribution in [0, 0.1) is 5.82 Å². The number of aryl methyl sites for hydroxylation is 1. The maximum atomic E-state index is 13.2. The minimum absolute atomic E-state index is 0.000186. The van der Waals surface area contributed by atoms with Crippen molar-refractivity contribution >= 4 is 5.91 Å². The van der Waals surface area contributed by atoms with Gasteiger partial charge in [0.25, 0.3) is 0 Å². The lowest BCUT2D eigenvalue weighted by molar-refractivity contribution is -0.132. The predicted molar refractivity (Wildman–Crippen MR) is 109 cm³/mol. The topological polar surface area (TPSA) is 68.5 Å². The summed E-state index contributed by atoms with van der Waals surface area (Å²) in [5.41, 5.74) is 1.80. The van der Waals surface area contributed by atoms with Crippen LogP contribution in [0.15, 0.2) is 53.1 Å². The van der Waals surface area contributed by atoms with E-state index in [-0.39, 0.29) is 17.8 Å². The standard InChI is InChI=1S/C23H24FN3O3/c1-2-29-19-11-7-17(8-12-19)23-25-21(30-26-23)13-14-22(28)27-15-3-4-20(27)16-5-9-18(24)10-6-16/h5-12,20H,2-4,13-15H2,1H3. The van der Waals surface area contributed by atoms with E-state index < -0.39 is 0 Å². The summed E-state index contributed by atoms with van der Waals surface area (Å²) in [6, 6.07) is 13.9. The number of carbonyl (C=O) groups excluding carboxylic acids is 1. The van der Waals surface area contributed by atoms with Crippen LogP contribution < -0.4 is 4.74 Å². The van der Waals surface area contributed by atoms with Gasteiger partial charge in [-0.1, -0.05) is 17.3 Å². The van der Waals surface area contributed by atoms with E-state index in [0.29, 0.717) is 37.7 Å². The van der Waals surface area contributed by atoms with Gasteiger partial charge in [-0.2, -0.15) is 4.98 Å². The normalized spacial score (nSPS) is 16.1. The molecular weight excluding hydrogens is 385 g/mol. The molecule has 1 saturated heterocycles. The zero-order valence-corrected chi connectivity index (χ0v) is 16.9. The number of amides is 1. The highest BCUT2D eigenvalue weighted by molar-refractivity contribution is 5.77. The quantitative estimate of drug-likeness (QED) is 0.572. The number of ether oxygens (including phenoxy) is 1. The lowest BCUT2D eigenvalue weighted by Crippen LogP contribution is -2.30. The van der Waals surface area contributed by atoms with Crippen molar-refractivity contribution in [2.24, 2.45) is 0 Å². The Morgan fingerprint density at radius 3 is 2.70 bits per heavy atom. The van der Waals surface area contributed by atoms with Gasteiger partial charge >= 0.3 is 0 Å². The van der Waals surface area contributed by atoms with Gasteiger partial charge in [0.05, 0.1) is 12.6 Å². The summed E-state index contributed by atoms with van der Waals surface area (Å²) in [6.07, 6.45) is 2.51. The van der Waals surface area contributed by atoms with Crippen LogP contribution in [0.4, 0.5) is 4.39 Å². The Hall–Kier alpha value is -3.22. The van der Waals surface area contributed by atoms with Crippen LogP contribution >= 0.6 is 0 Å². The van der Waals surface area contributed by atoms with Gasteiger partial charge in [-0.05, 0) is 61.7 Å². The maximum absolute atomic E-state index is 13.2. The molecule has 1 aliphatic heterocycles. The molecule has 0 saturated carbocycles. The molecule has 1 amide bonds. The minimum Gasteiger partial charge on any atom is -0.494 e. The molecule has 4 rings (SSSR count). The molecule has 6 nitrogen and oxygen atoms in total. The van der Waals surface area contributed by atoms with Gasteiger partial charge in [0.1, 0.15) is 11.6 Å². The summed E-state index contributed by atoms with van der Waals surface area (Å²) in [4.78, 5) is 19.1. The lowest BCUT2D eigenvalue weighted by atomic mass is 10.0. The van der Waals surface area contributed by atoms with Crippen molar-refractivity contribution in [3.63, 3.8) is 0 Å². The summed E-state index contributed by atoms with van der Waals surface area (Å²) in [6.45, 7) is 3.26. The van der Waals surface area contributed by atoms with Crippen molar-refractivity contribution in [1.29, 1.82) is 0 Å². The molecule has 156 valence electrons. The molecule has 0 spiro atoms. The summed E-state index contributed by atoms with van der Waals surface area (Å²) >= 11 is 0. The van der Waals surface area contributed by atoms with Crippen LogP contribution in [0.5, 0.6) is 5.75 Å². The fraction of sp³-hybridized carbons (Fsp3) is 0.348. The number of hydrogen-bond donors (Lipinski definition) is 0. The molecule has 1 aliphatic rings.